The molecule has 11 heteroatoms. The number of alkyl halides is 3. The summed E-state index contributed by atoms with van der Waals surface area (Å²) < 4.78 is 68.3. The Morgan fingerprint density at radius 2 is 1.85 bits per heavy atom. The van der Waals surface area contributed by atoms with Crippen molar-refractivity contribution in [2.75, 3.05) is 7.05 Å². The first-order valence-corrected chi connectivity index (χ1v) is 9.75. The Bertz CT molecular complexity index is 1320. The van der Waals surface area contributed by atoms with Crippen LogP contribution in [-0.2, 0) is 6.18 Å². The van der Waals surface area contributed by atoms with Crippen molar-refractivity contribution in [3.63, 3.8) is 0 Å². The molecule has 2 aromatic carbocycles. The van der Waals surface area contributed by atoms with Crippen molar-refractivity contribution < 1.29 is 36.0 Å². The van der Waals surface area contributed by atoms with E-state index in [9.17, 15) is 22.4 Å². The molecule has 0 bridgehead atoms. The van der Waals surface area contributed by atoms with Gasteiger partial charge in [0.25, 0.3) is 5.91 Å². The molecular weight excluding hydrogens is 446 g/mol. The molecule has 7 nitrogen and oxygen atoms in total. The zero-order valence-electron chi connectivity index (χ0n) is 17.6. The van der Waals surface area contributed by atoms with E-state index in [-0.39, 0.29) is 40.1 Å². The van der Waals surface area contributed by atoms with Crippen molar-refractivity contribution in [2.24, 2.45) is 0 Å². The number of hydrogen-bond donors (Lipinski definition) is 1. The molecule has 4 aromatic rings. The summed E-state index contributed by atoms with van der Waals surface area (Å²) in [4.78, 5) is 16.1. The Morgan fingerprint density at radius 1 is 1.15 bits per heavy atom. The Kier molecular flexibility index (Phi) is 5.56. The molecule has 0 aliphatic carbocycles. The number of carbonyl (C=O) groups is 1. The number of carbonyl (C=O) groups excluding carboxylic acids is 1. The Hall–Kier alpha value is -3.89. The largest absolute Gasteiger partial charge is 0.490 e. The van der Waals surface area contributed by atoms with Crippen LogP contribution in [0.1, 0.15) is 30.1 Å². The lowest BCUT2D eigenvalue weighted by Gasteiger charge is -2.13. The summed E-state index contributed by atoms with van der Waals surface area (Å²) >= 11 is 0. The number of fused-ring (bicyclic) bond motifs is 1. The Labute approximate surface area is 184 Å². The van der Waals surface area contributed by atoms with Crippen LogP contribution in [-0.4, -0.2) is 29.2 Å². The summed E-state index contributed by atoms with van der Waals surface area (Å²) in [6, 6.07) is 8.16. The van der Waals surface area contributed by atoms with Crippen LogP contribution in [0.5, 0.6) is 5.75 Å². The average Bonchev–Trinajstić information content (AvgIpc) is 3.37. The summed E-state index contributed by atoms with van der Waals surface area (Å²) in [6.45, 7) is 3.45. The van der Waals surface area contributed by atoms with E-state index in [2.05, 4.69) is 20.0 Å². The Morgan fingerprint density at radius 3 is 2.42 bits per heavy atom. The van der Waals surface area contributed by atoms with E-state index in [1.165, 1.54) is 43.4 Å². The maximum absolute atomic E-state index is 13.4. The molecule has 2 heterocycles. The summed E-state index contributed by atoms with van der Waals surface area (Å²) in [5, 5.41) is 6.30. The van der Waals surface area contributed by atoms with Crippen LogP contribution in [0.2, 0.25) is 0 Å². The average molecular weight is 463 g/mol. The lowest BCUT2D eigenvalue weighted by Crippen LogP contribution is -2.18. The number of furan rings is 1. The first-order valence-electron chi connectivity index (χ1n) is 9.75. The second-order valence-electron chi connectivity index (χ2n) is 7.32. The van der Waals surface area contributed by atoms with Gasteiger partial charge in [0, 0.05) is 18.0 Å². The number of nitrogens with one attached hydrogen (secondary N) is 1. The second kappa shape index (κ2) is 8.23. The third-order valence-corrected chi connectivity index (χ3v) is 4.62. The summed E-state index contributed by atoms with van der Waals surface area (Å²) in [6.07, 6.45) is -5.18. The van der Waals surface area contributed by atoms with E-state index in [4.69, 9.17) is 9.15 Å². The first kappa shape index (κ1) is 22.3. The standard InChI is InChI=1S/C22H17F4N3O4/c1-10(2)31-16-8-13-15(9-14(16)19-28-21(33-29-19)22(24,25)26)32-18(17(13)20(30)27-3)11-4-6-12(23)7-5-11/h4-10H,1-3H3,(H,27,30). The molecule has 33 heavy (non-hydrogen) atoms. The minimum atomic E-state index is -4.82. The number of nitrogens with zero attached hydrogens (tertiary/aromatic N) is 2. The van der Waals surface area contributed by atoms with Gasteiger partial charge in [-0.25, -0.2) is 4.39 Å². The van der Waals surface area contributed by atoms with Crippen molar-refractivity contribution in [3.8, 4) is 28.5 Å². The fourth-order valence-corrected chi connectivity index (χ4v) is 3.25. The molecule has 0 saturated heterocycles. The monoisotopic (exact) mass is 463 g/mol. The molecule has 0 spiro atoms. The van der Waals surface area contributed by atoms with Gasteiger partial charge in [-0.2, -0.15) is 18.2 Å². The normalized spacial score (nSPS) is 11.9. The molecule has 0 aliphatic rings. The Balaban J connectivity index is 1.97. The molecule has 2 aromatic heterocycles. The predicted molar refractivity (Wildman–Crippen MR) is 109 cm³/mol. The van der Waals surface area contributed by atoms with Gasteiger partial charge >= 0.3 is 12.1 Å². The van der Waals surface area contributed by atoms with Crippen LogP contribution in [0, 0.1) is 5.82 Å². The highest BCUT2D eigenvalue weighted by Gasteiger charge is 2.39. The number of aromatic nitrogens is 2. The molecule has 0 atom stereocenters. The predicted octanol–water partition coefficient (Wildman–Crippen LogP) is 5.45. The first-order chi connectivity index (χ1) is 15.6. The smallest absolute Gasteiger partial charge is 0.471 e. The van der Waals surface area contributed by atoms with Crippen molar-refractivity contribution in [1.29, 1.82) is 0 Å². The minimum absolute atomic E-state index is 0.0818. The third kappa shape index (κ3) is 4.26. The second-order valence-corrected chi connectivity index (χ2v) is 7.32. The molecule has 0 fully saturated rings. The van der Waals surface area contributed by atoms with Crippen LogP contribution < -0.4 is 10.1 Å². The number of amides is 1. The molecule has 1 amide bonds. The number of ether oxygens (including phenoxy) is 1. The van der Waals surface area contributed by atoms with Gasteiger partial charge in [0.1, 0.15) is 22.9 Å². The van der Waals surface area contributed by atoms with Crippen LogP contribution >= 0.6 is 0 Å². The van der Waals surface area contributed by atoms with Crippen LogP contribution in [0.4, 0.5) is 17.6 Å². The molecule has 172 valence electrons. The molecule has 0 radical (unpaired) electrons. The fraction of sp³-hybridized carbons (Fsp3) is 0.227. The van der Waals surface area contributed by atoms with Gasteiger partial charge in [0.15, 0.2) is 0 Å². The van der Waals surface area contributed by atoms with Gasteiger partial charge < -0.3 is 19.0 Å². The number of hydrogen-bond acceptors (Lipinski definition) is 6. The van der Waals surface area contributed by atoms with E-state index in [0.29, 0.717) is 10.9 Å². The molecule has 4 rings (SSSR count). The van der Waals surface area contributed by atoms with Crippen molar-refractivity contribution in [1.82, 2.24) is 15.5 Å². The number of halogens is 4. The highest BCUT2D eigenvalue weighted by atomic mass is 19.4. The fourth-order valence-electron chi connectivity index (χ4n) is 3.25. The lowest BCUT2D eigenvalue weighted by molar-refractivity contribution is -0.159. The van der Waals surface area contributed by atoms with Gasteiger partial charge in [-0.3, -0.25) is 4.79 Å². The molecule has 1 N–H and O–H groups in total. The lowest BCUT2D eigenvalue weighted by atomic mass is 10.0. The van der Waals surface area contributed by atoms with E-state index in [1.54, 1.807) is 13.8 Å². The van der Waals surface area contributed by atoms with E-state index in [0.717, 1.165) is 0 Å². The quantitative estimate of drug-likeness (QED) is 0.396. The van der Waals surface area contributed by atoms with Gasteiger partial charge in [-0.15, -0.1) is 0 Å². The van der Waals surface area contributed by atoms with Crippen LogP contribution in [0.3, 0.4) is 0 Å². The molecule has 0 aliphatic heterocycles. The summed E-state index contributed by atoms with van der Waals surface area (Å²) in [5.74, 6) is -2.53. The zero-order valence-corrected chi connectivity index (χ0v) is 17.6. The maximum Gasteiger partial charge on any atom is 0.471 e. The minimum Gasteiger partial charge on any atom is -0.490 e. The van der Waals surface area contributed by atoms with Crippen molar-refractivity contribution in [3.05, 3.63) is 53.7 Å². The molecule has 0 unspecified atom stereocenters. The topological polar surface area (TPSA) is 90.4 Å². The van der Waals surface area contributed by atoms with Gasteiger partial charge in [0.05, 0.1) is 17.2 Å². The molecular formula is C22H17F4N3O4. The van der Waals surface area contributed by atoms with E-state index >= 15 is 0 Å². The molecule has 0 saturated carbocycles. The van der Waals surface area contributed by atoms with Crippen molar-refractivity contribution in [2.45, 2.75) is 26.1 Å². The van der Waals surface area contributed by atoms with Gasteiger partial charge in [0.2, 0.25) is 5.82 Å². The maximum atomic E-state index is 13.4. The van der Waals surface area contributed by atoms with Crippen molar-refractivity contribution >= 4 is 16.9 Å². The zero-order chi connectivity index (χ0) is 23.9. The van der Waals surface area contributed by atoms with Gasteiger partial charge in [-0.1, -0.05) is 5.16 Å². The number of rotatable bonds is 5. The SMILES string of the molecule is CNC(=O)c1c(-c2ccc(F)cc2)oc2cc(-c3noc(C(F)(F)F)n3)c(OC(C)C)cc12. The summed E-state index contributed by atoms with van der Waals surface area (Å²) in [5.41, 5.74) is 0.831. The number of benzene rings is 2. The van der Waals surface area contributed by atoms with E-state index < -0.39 is 23.8 Å². The highest BCUT2D eigenvalue weighted by molar-refractivity contribution is 6.12. The summed E-state index contributed by atoms with van der Waals surface area (Å²) in [7, 11) is 1.44. The third-order valence-electron chi connectivity index (χ3n) is 4.62. The van der Waals surface area contributed by atoms with Crippen LogP contribution in [0.25, 0.3) is 33.7 Å². The van der Waals surface area contributed by atoms with E-state index in [1.807, 2.05) is 0 Å². The highest BCUT2D eigenvalue weighted by Crippen LogP contribution is 2.41. The van der Waals surface area contributed by atoms with Gasteiger partial charge in [-0.05, 0) is 50.2 Å². The van der Waals surface area contributed by atoms with Crippen LogP contribution in [0.15, 0.2) is 45.3 Å².